The largest absolute Gasteiger partial charge is 0.495 e. The zero-order valence-corrected chi connectivity index (χ0v) is 12.6. The molecule has 0 bridgehead atoms. The molecule has 0 saturated heterocycles. The van der Waals surface area contributed by atoms with Crippen molar-refractivity contribution in [1.29, 1.82) is 0 Å². The molecule has 0 unspecified atom stereocenters. The number of hydrogen-bond donors (Lipinski definition) is 2. The van der Waals surface area contributed by atoms with Crippen molar-refractivity contribution in [1.82, 2.24) is 0 Å². The highest BCUT2D eigenvalue weighted by Crippen LogP contribution is 2.25. The highest BCUT2D eigenvalue weighted by molar-refractivity contribution is 7.91. The minimum absolute atomic E-state index is 0.127. The number of sulfonamides is 1. The highest BCUT2D eigenvalue weighted by atomic mass is 32.2. The number of rotatable bonds is 6. The molecule has 2 rings (SSSR count). The number of anilines is 1. The molecule has 2 aromatic carbocycles. The average molecular weight is 306 g/mol. The molecule has 0 heterocycles. The molecule has 112 valence electrons. The quantitative estimate of drug-likeness (QED) is 0.856. The summed E-state index contributed by atoms with van der Waals surface area (Å²) in [5, 5.41) is 0. The molecule has 0 fully saturated rings. The molecule has 0 atom stereocenters. The zero-order valence-electron chi connectivity index (χ0n) is 11.7. The van der Waals surface area contributed by atoms with Crippen LogP contribution >= 0.6 is 0 Å². The van der Waals surface area contributed by atoms with Crippen LogP contribution in [0.4, 0.5) is 5.69 Å². The molecule has 2 aromatic rings. The first-order chi connectivity index (χ1) is 10.1. The van der Waals surface area contributed by atoms with Gasteiger partial charge in [0.2, 0.25) is 10.0 Å². The van der Waals surface area contributed by atoms with Gasteiger partial charge in [0, 0.05) is 6.54 Å². The van der Waals surface area contributed by atoms with Gasteiger partial charge < -0.3 is 10.5 Å². The van der Waals surface area contributed by atoms with Crippen molar-refractivity contribution in [3.8, 4) is 5.75 Å². The van der Waals surface area contributed by atoms with Crippen molar-refractivity contribution in [2.45, 2.75) is 12.3 Å². The molecule has 0 aliphatic heterocycles. The molecule has 21 heavy (non-hydrogen) atoms. The number of para-hydroxylation sites is 2. The van der Waals surface area contributed by atoms with Gasteiger partial charge in [-0.3, -0.25) is 4.72 Å². The Morgan fingerprint density at radius 2 is 1.67 bits per heavy atom. The fourth-order valence-corrected chi connectivity index (χ4v) is 3.30. The van der Waals surface area contributed by atoms with Gasteiger partial charge in [0.15, 0.2) is 0 Å². The van der Waals surface area contributed by atoms with Crippen molar-refractivity contribution in [2.24, 2.45) is 5.73 Å². The van der Waals surface area contributed by atoms with E-state index in [9.17, 15) is 8.42 Å². The Morgan fingerprint density at radius 3 is 2.33 bits per heavy atom. The first-order valence-electron chi connectivity index (χ1n) is 6.46. The van der Waals surface area contributed by atoms with Crippen molar-refractivity contribution in [2.75, 3.05) is 11.8 Å². The van der Waals surface area contributed by atoms with Gasteiger partial charge in [-0.1, -0.05) is 36.4 Å². The first kappa shape index (κ1) is 15.3. The van der Waals surface area contributed by atoms with E-state index in [1.807, 2.05) is 12.1 Å². The molecule has 0 aliphatic rings. The summed E-state index contributed by atoms with van der Waals surface area (Å²) in [5.41, 5.74) is 7.57. The number of nitrogens with two attached hydrogens (primary N) is 1. The fraction of sp³-hybridized carbons (Fsp3) is 0.200. The molecule has 5 nitrogen and oxygen atoms in total. The van der Waals surface area contributed by atoms with E-state index in [0.29, 0.717) is 23.5 Å². The van der Waals surface area contributed by atoms with Gasteiger partial charge in [-0.25, -0.2) is 8.42 Å². The third-order valence-electron chi connectivity index (χ3n) is 3.06. The molecule has 0 spiro atoms. The van der Waals surface area contributed by atoms with Gasteiger partial charge in [-0.2, -0.15) is 0 Å². The Kier molecular flexibility index (Phi) is 4.82. The molecule has 0 radical (unpaired) electrons. The second-order valence-corrected chi connectivity index (χ2v) is 6.26. The van der Waals surface area contributed by atoms with E-state index < -0.39 is 10.0 Å². The van der Waals surface area contributed by atoms with Crippen LogP contribution in [0.15, 0.2) is 48.5 Å². The lowest BCUT2D eigenvalue weighted by Crippen LogP contribution is -2.17. The van der Waals surface area contributed by atoms with Crippen LogP contribution in [0.25, 0.3) is 0 Å². The monoisotopic (exact) mass is 306 g/mol. The normalized spacial score (nSPS) is 11.1. The number of benzene rings is 2. The van der Waals surface area contributed by atoms with Crippen LogP contribution in [0.1, 0.15) is 11.1 Å². The van der Waals surface area contributed by atoms with Crippen molar-refractivity contribution >= 4 is 15.7 Å². The summed E-state index contributed by atoms with van der Waals surface area (Å²) in [6.07, 6.45) is 0. The number of methoxy groups -OCH3 is 1. The van der Waals surface area contributed by atoms with Crippen molar-refractivity contribution < 1.29 is 13.2 Å². The van der Waals surface area contributed by atoms with Gasteiger partial charge in [-0.15, -0.1) is 0 Å². The van der Waals surface area contributed by atoms with Crippen LogP contribution < -0.4 is 15.2 Å². The maximum absolute atomic E-state index is 12.3. The van der Waals surface area contributed by atoms with E-state index in [4.69, 9.17) is 10.5 Å². The summed E-state index contributed by atoms with van der Waals surface area (Å²) in [4.78, 5) is 0. The number of ether oxygens (including phenoxy) is 1. The SMILES string of the molecule is COc1ccccc1NS(=O)(=O)Cc1ccccc1CN. The van der Waals surface area contributed by atoms with Crippen LogP contribution in [0, 0.1) is 0 Å². The molecule has 0 amide bonds. The summed E-state index contributed by atoms with van der Waals surface area (Å²) in [7, 11) is -2.04. The maximum Gasteiger partial charge on any atom is 0.237 e. The summed E-state index contributed by atoms with van der Waals surface area (Å²) in [5.74, 6) is 0.353. The number of hydrogen-bond acceptors (Lipinski definition) is 4. The fourth-order valence-electron chi connectivity index (χ4n) is 2.03. The minimum atomic E-state index is -3.54. The topological polar surface area (TPSA) is 81.4 Å². The molecule has 0 aromatic heterocycles. The average Bonchev–Trinajstić information content (AvgIpc) is 2.47. The molecule has 6 heteroatoms. The summed E-state index contributed by atoms with van der Waals surface area (Å²) >= 11 is 0. The van der Waals surface area contributed by atoms with E-state index in [2.05, 4.69) is 4.72 Å². The van der Waals surface area contributed by atoms with Crippen LogP contribution in [0.2, 0.25) is 0 Å². The Balaban J connectivity index is 2.23. The van der Waals surface area contributed by atoms with Gasteiger partial charge in [-0.05, 0) is 23.3 Å². The predicted molar refractivity (Wildman–Crippen MR) is 83.6 cm³/mol. The second kappa shape index (κ2) is 6.60. The minimum Gasteiger partial charge on any atom is -0.495 e. The molecular formula is C15H18N2O3S. The molecule has 0 saturated carbocycles. The lowest BCUT2D eigenvalue weighted by atomic mass is 10.1. The van der Waals surface area contributed by atoms with Gasteiger partial charge in [0.05, 0.1) is 18.6 Å². The van der Waals surface area contributed by atoms with Crippen LogP contribution in [0.5, 0.6) is 5.75 Å². The first-order valence-corrected chi connectivity index (χ1v) is 8.11. The van der Waals surface area contributed by atoms with Crippen molar-refractivity contribution in [3.05, 3.63) is 59.7 Å². The van der Waals surface area contributed by atoms with E-state index in [-0.39, 0.29) is 5.75 Å². The van der Waals surface area contributed by atoms with E-state index in [0.717, 1.165) is 5.56 Å². The Morgan fingerprint density at radius 1 is 1.05 bits per heavy atom. The van der Waals surface area contributed by atoms with Gasteiger partial charge in [0.25, 0.3) is 0 Å². The summed E-state index contributed by atoms with van der Waals surface area (Å²) < 4.78 is 32.3. The highest BCUT2D eigenvalue weighted by Gasteiger charge is 2.15. The molecular weight excluding hydrogens is 288 g/mol. The smallest absolute Gasteiger partial charge is 0.237 e. The number of nitrogens with one attached hydrogen (secondary N) is 1. The zero-order chi connectivity index (χ0) is 15.3. The Labute approximate surface area is 124 Å². The third kappa shape index (κ3) is 3.96. The molecule has 0 aliphatic carbocycles. The Hall–Kier alpha value is -2.05. The van der Waals surface area contributed by atoms with Gasteiger partial charge in [0.1, 0.15) is 5.75 Å². The Bertz CT molecular complexity index is 659. The lowest BCUT2D eigenvalue weighted by molar-refractivity contribution is 0.417. The van der Waals surface area contributed by atoms with Gasteiger partial charge >= 0.3 is 0 Å². The van der Waals surface area contributed by atoms with Crippen LogP contribution in [0.3, 0.4) is 0 Å². The predicted octanol–water partition coefficient (Wildman–Crippen LogP) is 2.10. The summed E-state index contributed by atoms with van der Waals surface area (Å²) in [6.45, 7) is 0.306. The van der Waals surface area contributed by atoms with E-state index in [1.54, 1.807) is 36.4 Å². The van der Waals surface area contributed by atoms with Crippen LogP contribution in [-0.4, -0.2) is 15.5 Å². The van der Waals surface area contributed by atoms with E-state index >= 15 is 0 Å². The standard InChI is InChI=1S/C15H18N2O3S/c1-20-15-9-5-4-8-14(15)17-21(18,19)11-13-7-3-2-6-12(13)10-16/h2-9,17H,10-11,16H2,1H3. The summed E-state index contributed by atoms with van der Waals surface area (Å²) in [6, 6.07) is 14.1. The van der Waals surface area contributed by atoms with Crippen molar-refractivity contribution in [3.63, 3.8) is 0 Å². The lowest BCUT2D eigenvalue weighted by Gasteiger charge is -2.13. The second-order valence-electron chi connectivity index (χ2n) is 4.53. The molecule has 3 N–H and O–H groups in total. The maximum atomic E-state index is 12.3. The third-order valence-corrected chi connectivity index (χ3v) is 4.28. The van der Waals surface area contributed by atoms with E-state index in [1.165, 1.54) is 7.11 Å². The van der Waals surface area contributed by atoms with Crippen LogP contribution in [-0.2, 0) is 22.3 Å².